The van der Waals surface area contributed by atoms with E-state index < -0.39 is 0 Å². The van der Waals surface area contributed by atoms with E-state index in [1.54, 1.807) is 12.1 Å². The third kappa shape index (κ3) is 3.51. The van der Waals surface area contributed by atoms with E-state index in [4.69, 9.17) is 5.11 Å². The van der Waals surface area contributed by atoms with Gasteiger partial charge in [-0.25, -0.2) is 0 Å². The van der Waals surface area contributed by atoms with Crippen molar-refractivity contribution < 1.29 is 5.11 Å². The fourth-order valence-corrected chi connectivity index (χ4v) is 2.10. The van der Waals surface area contributed by atoms with Gasteiger partial charge in [-0.05, 0) is 50.0 Å². The monoisotopic (exact) mass is 220 g/mol. The van der Waals surface area contributed by atoms with Crippen molar-refractivity contribution in [2.75, 3.05) is 19.6 Å². The van der Waals surface area contributed by atoms with E-state index >= 15 is 0 Å². The van der Waals surface area contributed by atoms with Gasteiger partial charge in [-0.3, -0.25) is 0 Å². The molecule has 1 aromatic carbocycles. The molecule has 1 aliphatic heterocycles. The molecule has 16 heavy (non-hydrogen) atoms. The molecule has 0 amide bonds. The van der Waals surface area contributed by atoms with E-state index in [-0.39, 0.29) is 0 Å². The van der Waals surface area contributed by atoms with Gasteiger partial charge in [0.05, 0.1) is 0 Å². The van der Waals surface area contributed by atoms with Crippen molar-refractivity contribution in [2.45, 2.75) is 25.3 Å². The van der Waals surface area contributed by atoms with E-state index in [2.05, 4.69) is 10.6 Å². The number of phenols is 1. The molecule has 0 aliphatic carbocycles. The van der Waals surface area contributed by atoms with Crippen molar-refractivity contribution in [1.82, 2.24) is 10.6 Å². The molecule has 1 saturated heterocycles. The summed E-state index contributed by atoms with van der Waals surface area (Å²) in [4.78, 5) is 0. The van der Waals surface area contributed by atoms with Gasteiger partial charge < -0.3 is 15.7 Å². The van der Waals surface area contributed by atoms with Crippen LogP contribution in [0.5, 0.6) is 5.75 Å². The minimum absolute atomic E-state index is 0.340. The molecule has 1 fully saturated rings. The standard InChI is InChI=1S/C13H20N2O/c16-13-5-3-11(4-6-13)7-9-14-10-12-2-1-8-15-12/h3-6,12,14-16H,1-2,7-10H2. The fourth-order valence-electron chi connectivity index (χ4n) is 2.10. The van der Waals surface area contributed by atoms with E-state index in [1.165, 1.54) is 24.9 Å². The van der Waals surface area contributed by atoms with Crippen LogP contribution in [0.1, 0.15) is 18.4 Å². The van der Waals surface area contributed by atoms with Gasteiger partial charge in [-0.1, -0.05) is 12.1 Å². The number of benzene rings is 1. The molecule has 0 spiro atoms. The SMILES string of the molecule is Oc1ccc(CCNCC2CCCN2)cc1. The number of hydrogen-bond donors (Lipinski definition) is 3. The quantitative estimate of drug-likeness (QED) is 0.655. The first-order valence-electron chi connectivity index (χ1n) is 6.06. The Hall–Kier alpha value is -1.06. The molecule has 1 aliphatic rings. The van der Waals surface area contributed by atoms with Crippen molar-refractivity contribution in [3.8, 4) is 5.75 Å². The molecule has 2 rings (SSSR count). The zero-order valence-electron chi connectivity index (χ0n) is 9.58. The van der Waals surface area contributed by atoms with E-state index in [1.807, 2.05) is 12.1 Å². The van der Waals surface area contributed by atoms with Crippen LogP contribution in [0, 0.1) is 0 Å². The van der Waals surface area contributed by atoms with Gasteiger partial charge in [0.25, 0.3) is 0 Å². The van der Waals surface area contributed by atoms with Crippen LogP contribution in [0.2, 0.25) is 0 Å². The Morgan fingerprint density at radius 3 is 2.81 bits per heavy atom. The van der Waals surface area contributed by atoms with Gasteiger partial charge in [0, 0.05) is 12.6 Å². The molecular formula is C13H20N2O. The van der Waals surface area contributed by atoms with Gasteiger partial charge in [-0.15, -0.1) is 0 Å². The van der Waals surface area contributed by atoms with Crippen LogP contribution < -0.4 is 10.6 Å². The fraction of sp³-hybridized carbons (Fsp3) is 0.538. The first-order chi connectivity index (χ1) is 7.84. The van der Waals surface area contributed by atoms with Crippen molar-refractivity contribution >= 4 is 0 Å². The lowest BCUT2D eigenvalue weighted by atomic mass is 10.1. The summed E-state index contributed by atoms with van der Waals surface area (Å²) in [5.41, 5.74) is 1.27. The van der Waals surface area contributed by atoms with Crippen molar-refractivity contribution in [2.24, 2.45) is 0 Å². The minimum Gasteiger partial charge on any atom is -0.508 e. The van der Waals surface area contributed by atoms with Gasteiger partial charge in [0.2, 0.25) is 0 Å². The summed E-state index contributed by atoms with van der Waals surface area (Å²) in [6.45, 7) is 3.24. The van der Waals surface area contributed by atoms with Crippen LogP contribution in [-0.2, 0) is 6.42 Å². The van der Waals surface area contributed by atoms with Gasteiger partial charge in [0.15, 0.2) is 0 Å². The maximum atomic E-state index is 9.15. The molecule has 0 saturated carbocycles. The Kier molecular flexibility index (Phi) is 4.19. The number of phenolic OH excluding ortho intramolecular Hbond substituents is 1. The largest absolute Gasteiger partial charge is 0.508 e. The van der Waals surface area contributed by atoms with Crippen LogP contribution in [0.4, 0.5) is 0 Å². The maximum Gasteiger partial charge on any atom is 0.115 e. The second kappa shape index (κ2) is 5.87. The summed E-state index contributed by atoms with van der Waals surface area (Å²) >= 11 is 0. The van der Waals surface area contributed by atoms with Crippen LogP contribution >= 0.6 is 0 Å². The summed E-state index contributed by atoms with van der Waals surface area (Å²) in [7, 11) is 0. The van der Waals surface area contributed by atoms with Crippen LogP contribution in [0.15, 0.2) is 24.3 Å². The van der Waals surface area contributed by atoms with E-state index in [9.17, 15) is 0 Å². The Morgan fingerprint density at radius 2 is 2.12 bits per heavy atom. The molecular weight excluding hydrogens is 200 g/mol. The Balaban J connectivity index is 1.62. The number of nitrogens with one attached hydrogen (secondary N) is 2. The van der Waals surface area contributed by atoms with Crippen LogP contribution in [-0.4, -0.2) is 30.8 Å². The van der Waals surface area contributed by atoms with Crippen LogP contribution in [0.25, 0.3) is 0 Å². The zero-order valence-corrected chi connectivity index (χ0v) is 9.58. The van der Waals surface area contributed by atoms with Gasteiger partial charge in [0.1, 0.15) is 5.75 Å². The van der Waals surface area contributed by atoms with E-state index in [0.717, 1.165) is 19.5 Å². The third-order valence-corrected chi connectivity index (χ3v) is 3.08. The molecule has 0 radical (unpaired) electrons. The normalized spacial score (nSPS) is 20.1. The predicted octanol–water partition coefficient (Wildman–Crippen LogP) is 1.28. The molecule has 0 aromatic heterocycles. The summed E-state index contributed by atoms with van der Waals surface area (Å²) in [6, 6.07) is 8.11. The Morgan fingerprint density at radius 1 is 1.31 bits per heavy atom. The Labute approximate surface area is 96.9 Å². The Bertz CT molecular complexity index is 304. The van der Waals surface area contributed by atoms with Crippen molar-refractivity contribution in [3.63, 3.8) is 0 Å². The topological polar surface area (TPSA) is 44.3 Å². The van der Waals surface area contributed by atoms with Crippen molar-refractivity contribution in [1.29, 1.82) is 0 Å². The van der Waals surface area contributed by atoms with E-state index in [0.29, 0.717) is 11.8 Å². The molecule has 3 nitrogen and oxygen atoms in total. The molecule has 1 aromatic rings. The predicted molar refractivity (Wildman–Crippen MR) is 65.7 cm³/mol. The summed E-state index contributed by atoms with van der Waals surface area (Å²) < 4.78 is 0. The average molecular weight is 220 g/mol. The van der Waals surface area contributed by atoms with Gasteiger partial charge >= 0.3 is 0 Å². The smallest absolute Gasteiger partial charge is 0.115 e. The van der Waals surface area contributed by atoms with Crippen LogP contribution in [0.3, 0.4) is 0 Å². The lowest BCUT2D eigenvalue weighted by Gasteiger charge is -2.11. The second-order valence-electron chi connectivity index (χ2n) is 4.41. The maximum absolute atomic E-state index is 9.15. The highest BCUT2D eigenvalue weighted by Crippen LogP contribution is 2.09. The van der Waals surface area contributed by atoms with Gasteiger partial charge in [-0.2, -0.15) is 0 Å². The highest BCUT2D eigenvalue weighted by atomic mass is 16.3. The molecule has 88 valence electrons. The summed E-state index contributed by atoms with van der Waals surface area (Å²) in [5, 5.41) is 16.1. The lowest BCUT2D eigenvalue weighted by molar-refractivity contribution is 0.475. The molecule has 1 unspecified atom stereocenters. The average Bonchev–Trinajstić information content (AvgIpc) is 2.80. The molecule has 3 heteroatoms. The lowest BCUT2D eigenvalue weighted by Crippen LogP contribution is -2.34. The second-order valence-corrected chi connectivity index (χ2v) is 4.41. The molecule has 1 atom stereocenters. The zero-order chi connectivity index (χ0) is 11.2. The summed E-state index contributed by atoms with van der Waals surface area (Å²) in [5.74, 6) is 0.340. The number of hydrogen-bond acceptors (Lipinski definition) is 3. The highest BCUT2D eigenvalue weighted by Gasteiger charge is 2.12. The molecule has 3 N–H and O–H groups in total. The molecule has 1 heterocycles. The first kappa shape index (κ1) is 11.4. The highest BCUT2D eigenvalue weighted by molar-refractivity contribution is 5.25. The number of aromatic hydroxyl groups is 1. The minimum atomic E-state index is 0.340. The van der Waals surface area contributed by atoms with Crippen molar-refractivity contribution in [3.05, 3.63) is 29.8 Å². The first-order valence-corrected chi connectivity index (χ1v) is 6.06. The number of rotatable bonds is 5. The molecule has 0 bridgehead atoms. The third-order valence-electron chi connectivity index (χ3n) is 3.08. The summed E-state index contributed by atoms with van der Waals surface area (Å²) in [6.07, 6.45) is 3.63.